The molecule has 8 nitrogen and oxygen atoms in total. The number of nitrogens with zero attached hydrogens (tertiary/aromatic N) is 3. The molecule has 38 heavy (non-hydrogen) atoms. The molecule has 8 heteroatoms. The Kier molecular flexibility index (Phi) is 7.07. The van der Waals surface area contributed by atoms with Crippen LogP contribution in [-0.4, -0.2) is 51.3 Å². The number of fused-ring (bicyclic) bond motifs is 1. The first-order valence-corrected chi connectivity index (χ1v) is 13.6. The number of aryl methyl sites for hydroxylation is 1. The van der Waals surface area contributed by atoms with Gasteiger partial charge in [-0.3, -0.25) is 0 Å². The highest BCUT2D eigenvalue weighted by atomic mass is 16.5. The van der Waals surface area contributed by atoms with Gasteiger partial charge in [-0.1, -0.05) is 24.3 Å². The Balaban J connectivity index is 1.32. The van der Waals surface area contributed by atoms with E-state index in [1.165, 1.54) is 0 Å². The maximum atomic E-state index is 10.4. The van der Waals surface area contributed by atoms with E-state index in [0.29, 0.717) is 17.9 Å². The minimum absolute atomic E-state index is 0.0682. The topological polar surface area (TPSA) is 104 Å². The molecule has 6 rings (SSSR count). The molecule has 1 unspecified atom stereocenters. The number of hydrogen-bond donors (Lipinski definition) is 4. The fourth-order valence-electron chi connectivity index (χ4n) is 5.51. The zero-order valence-corrected chi connectivity index (χ0v) is 21.7. The Morgan fingerprint density at radius 2 is 1.87 bits per heavy atom. The number of pyridine rings is 1. The second-order valence-electron chi connectivity index (χ2n) is 10.3. The van der Waals surface area contributed by atoms with Gasteiger partial charge in [-0.2, -0.15) is 0 Å². The lowest BCUT2D eigenvalue weighted by atomic mass is 10.0. The maximum Gasteiger partial charge on any atom is 0.228 e. The predicted molar refractivity (Wildman–Crippen MR) is 151 cm³/mol. The summed E-state index contributed by atoms with van der Waals surface area (Å²) in [5.41, 5.74) is 3.58. The number of nitrogens with one attached hydrogen (secondary N) is 3. The standard InChI is InChI=1S/C30H34N6O2/c1-19-12-13-21-22(7-2-9-24(21)35-26-10-3-11-27(26)37)28(19)38-29-23(8-5-16-32-29)25-14-17-33-30(36-25)34-20-6-4-15-31-18-20/h2,5,7-9,12-14,16-17,20,26-27,31,35,37H,3-4,6,10-11,15,18H2,1H3,(H,33,34,36)/t20?,26-,27-/m1/s1. The molecule has 3 heterocycles. The first kappa shape index (κ1) is 24.6. The zero-order chi connectivity index (χ0) is 25.9. The number of rotatable bonds is 7. The summed E-state index contributed by atoms with van der Waals surface area (Å²) in [5.74, 6) is 1.87. The summed E-state index contributed by atoms with van der Waals surface area (Å²) in [7, 11) is 0. The quantitative estimate of drug-likeness (QED) is 0.266. The molecule has 4 N–H and O–H groups in total. The average molecular weight is 511 g/mol. The van der Waals surface area contributed by atoms with Crippen molar-refractivity contribution in [2.45, 2.75) is 57.2 Å². The van der Waals surface area contributed by atoms with Crippen LogP contribution in [0.4, 0.5) is 11.6 Å². The van der Waals surface area contributed by atoms with Crippen LogP contribution >= 0.6 is 0 Å². The van der Waals surface area contributed by atoms with Crippen molar-refractivity contribution >= 4 is 22.4 Å². The Morgan fingerprint density at radius 3 is 2.71 bits per heavy atom. The van der Waals surface area contributed by atoms with Gasteiger partial charge in [0.2, 0.25) is 11.8 Å². The van der Waals surface area contributed by atoms with Gasteiger partial charge in [-0.05, 0) is 75.4 Å². The Morgan fingerprint density at radius 1 is 0.921 bits per heavy atom. The molecule has 2 aromatic heterocycles. The number of aliphatic hydroxyl groups is 1. The van der Waals surface area contributed by atoms with E-state index in [1.54, 1.807) is 12.4 Å². The van der Waals surface area contributed by atoms with Gasteiger partial charge in [0.1, 0.15) is 5.75 Å². The fraction of sp³-hybridized carbons (Fsp3) is 0.367. The summed E-state index contributed by atoms with van der Waals surface area (Å²) in [6, 6.07) is 16.5. The van der Waals surface area contributed by atoms with E-state index in [2.05, 4.69) is 50.2 Å². The van der Waals surface area contributed by atoms with Crippen LogP contribution in [0.3, 0.4) is 0 Å². The number of aliphatic hydroxyl groups excluding tert-OH is 1. The van der Waals surface area contributed by atoms with E-state index in [9.17, 15) is 5.11 Å². The first-order chi connectivity index (χ1) is 18.7. The van der Waals surface area contributed by atoms with E-state index < -0.39 is 0 Å². The highest BCUT2D eigenvalue weighted by molar-refractivity contribution is 5.98. The number of piperidine rings is 1. The van der Waals surface area contributed by atoms with Crippen LogP contribution in [0.15, 0.2) is 60.9 Å². The summed E-state index contributed by atoms with van der Waals surface area (Å²) >= 11 is 0. The molecule has 1 saturated carbocycles. The van der Waals surface area contributed by atoms with Crippen LogP contribution in [0.2, 0.25) is 0 Å². The summed E-state index contributed by atoms with van der Waals surface area (Å²) in [6.45, 7) is 4.01. The summed E-state index contributed by atoms with van der Waals surface area (Å²) in [4.78, 5) is 13.8. The Hall–Kier alpha value is -3.75. The molecule has 2 aromatic carbocycles. The van der Waals surface area contributed by atoms with Crippen LogP contribution in [-0.2, 0) is 0 Å². The summed E-state index contributed by atoms with van der Waals surface area (Å²) < 4.78 is 6.56. The van der Waals surface area contributed by atoms with Crippen molar-refractivity contribution in [3.8, 4) is 22.9 Å². The first-order valence-electron chi connectivity index (χ1n) is 13.6. The smallest absolute Gasteiger partial charge is 0.228 e. The van der Waals surface area contributed by atoms with Gasteiger partial charge in [0.05, 0.1) is 23.4 Å². The molecule has 0 bridgehead atoms. The largest absolute Gasteiger partial charge is 0.437 e. The predicted octanol–water partition coefficient (Wildman–Crippen LogP) is 5.28. The molecule has 0 amide bonds. The van der Waals surface area contributed by atoms with Gasteiger partial charge in [-0.15, -0.1) is 0 Å². The lowest BCUT2D eigenvalue weighted by Crippen LogP contribution is -2.38. The third-order valence-corrected chi connectivity index (χ3v) is 7.56. The van der Waals surface area contributed by atoms with Crippen molar-refractivity contribution in [2.75, 3.05) is 23.7 Å². The Labute approximate surface area is 222 Å². The highest BCUT2D eigenvalue weighted by Crippen LogP contribution is 2.39. The second-order valence-corrected chi connectivity index (χ2v) is 10.3. The average Bonchev–Trinajstić information content (AvgIpc) is 3.35. The minimum atomic E-state index is -0.316. The number of anilines is 2. The molecular formula is C30H34N6O2. The van der Waals surface area contributed by atoms with Crippen molar-refractivity contribution in [2.24, 2.45) is 0 Å². The van der Waals surface area contributed by atoms with Gasteiger partial charge in [0.15, 0.2) is 0 Å². The van der Waals surface area contributed by atoms with E-state index >= 15 is 0 Å². The molecule has 2 aliphatic rings. The molecular weight excluding hydrogens is 476 g/mol. The van der Waals surface area contributed by atoms with E-state index in [4.69, 9.17) is 9.72 Å². The van der Waals surface area contributed by atoms with E-state index in [1.807, 2.05) is 31.2 Å². The molecule has 1 aliphatic heterocycles. The van der Waals surface area contributed by atoms with E-state index in [0.717, 1.165) is 84.2 Å². The normalized spacial score (nSPS) is 21.4. The number of aromatic nitrogens is 3. The minimum Gasteiger partial charge on any atom is -0.437 e. The van der Waals surface area contributed by atoms with Crippen LogP contribution < -0.4 is 20.7 Å². The Bertz CT molecular complexity index is 1420. The number of ether oxygens (including phenoxy) is 1. The summed E-state index contributed by atoms with van der Waals surface area (Å²) in [6.07, 6.45) is 8.28. The molecule has 0 radical (unpaired) electrons. The lowest BCUT2D eigenvalue weighted by molar-refractivity contribution is 0.172. The molecule has 1 saturated heterocycles. The van der Waals surface area contributed by atoms with Crippen molar-refractivity contribution in [1.82, 2.24) is 20.3 Å². The van der Waals surface area contributed by atoms with Gasteiger partial charge in [0.25, 0.3) is 0 Å². The third-order valence-electron chi connectivity index (χ3n) is 7.56. The lowest BCUT2D eigenvalue weighted by Gasteiger charge is -2.23. The van der Waals surface area contributed by atoms with Crippen molar-refractivity contribution in [1.29, 1.82) is 0 Å². The number of benzene rings is 2. The second kappa shape index (κ2) is 10.9. The maximum absolute atomic E-state index is 10.4. The number of hydrogen-bond acceptors (Lipinski definition) is 8. The monoisotopic (exact) mass is 510 g/mol. The van der Waals surface area contributed by atoms with Crippen LogP contribution in [0.25, 0.3) is 22.0 Å². The van der Waals surface area contributed by atoms with Gasteiger partial charge in [-0.25, -0.2) is 15.0 Å². The van der Waals surface area contributed by atoms with Crippen molar-refractivity contribution in [3.05, 3.63) is 66.5 Å². The van der Waals surface area contributed by atoms with Crippen molar-refractivity contribution in [3.63, 3.8) is 0 Å². The van der Waals surface area contributed by atoms with Gasteiger partial charge in [0, 0.05) is 41.4 Å². The fourth-order valence-corrected chi connectivity index (χ4v) is 5.51. The molecule has 196 valence electrons. The zero-order valence-electron chi connectivity index (χ0n) is 21.7. The van der Waals surface area contributed by atoms with Crippen LogP contribution in [0.5, 0.6) is 11.6 Å². The SMILES string of the molecule is Cc1ccc2c(N[C@@H]3CCC[C@H]3O)cccc2c1Oc1ncccc1-c1ccnc(NC2CCCNC2)n1. The molecule has 2 fully saturated rings. The molecule has 3 atom stereocenters. The highest BCUT2D eigenvalue weighted by Gasteiger charge is 2.25. The van der Waals surface area contributed by atoms with Crippen LogP contribution in [0.1, 0.15) is 37.7 Å². The molecule has 4 aromatic rings. The van der Waals surface area contributed by atoms with Crippen molar-refractivity contribution < 1.29 is 9.84 Å². The van der Waals surface area contributed by atoms with Gasteiger partial charge < -0.3 is 25.8 Å². The third kappa shape index (κ3) is 5.14. The van der Waals surface area contributed by atoms with Gasteiger partial charge >= 0.3 is 0 Å². The molecule has 0 spiro atoms. The van der Waals surface area contributed by atoms with Crippen LogP contribution in [0, 0.1) is 6.92 Å². The molecule has 1 aliphatic carbocycles. The summed E-state index contributed by atoms with van der Waals surface area (Å²) in [5, 5.41) is 22.9. The van der Waals surface area contributed by atoms with E-state index in [-0.39, 0.29) is 12.1 Å².